The first-order valence-electron chi connectivity index (χ1n) is 20.6. The van der Waals surface area contributed by atoms with Crippen LogP contribution in [0.4, 0.5) is 0 Å². The molecule has 0 saturated heterocycles. The van der Waals surface area contributed by atoms with E-state index in [1.165, 1.54) is 22.3 Å². The number of nitrogens with zero attached hydrogens (tertiary/aromatic N) is 1. The van der Waals surface area contributed by atoms with Crippen molar-refractivity contribution in [2.75, 3.05) is 0 Å². The molecule has 286 valence electrons. The van der Waals surface area contributed by atoms with Gasteiger partial charge in [-0.15, -0.1) is 0 Å². The largest absolute Gasteiger partial charge is 0.366 e. The van der Waals surface area contributed by atoms with Crippen molar-refractivity contribution in [3.05, 3.63) is 253 Å². The summed E-state index contributed by atoms with van der Waals surface area (Å²) in [6.45, 7) is 0. The van der Waals surface area contributed by atoms with Crippen LogP contribution in [0.5, 0.6) is 0 Å². The molecule has 1 aromatic heterocycles. The van der Waals surface area contributed by atoms with Gasteiger partial charge >= 0.3 is 0 Å². The van der Waals surface area contributed by atoms with E-state index in [0.717, 1.165) is 67.2 Å². The predicted molar refractivity (Wildman–Crippen MR) is 249 cm³/mol. The normalized spacial score (nSPS) is 14.8. The van der Waals surface area contributed by atoms with Gasteiger partial charge < -0.3 is 5.32 Å². The highest BCUT2D eigenvalue weighted by Gasteiger charge is 2.27. The second-order valence-electron chi connectivity index (χ2n) is 15.2. The molecule has 3 heteroatoms. The Morgan fingerprint density at radius 3 is 1.25 bits per heavy atom. The van der Waals surface area contributed by atoms with Crippen LogP contribution in [-0.4, -0.2) is 4.98 Å². The number of hydrogen-bond donors (Lipinski definition) is 2. The summed E-state index contributed by atoms with van der Waals surface area (Å²) in [4.78, 5) is 5.62. The van der Waals surface area contributed by atoms with Crippen molar-refractivity contribution in [3.63, 3.8) is 0 Å². The highest BCUT2D eigenvalue weighted by atomic mass is 15.2. The minimum absolute atomic E-state index is 0.0553. The van der Waals surface area contributed by atoms with Crippen LogP contribution < -0.4 is 10.6 Å². The molecule has 9 aromatic rings. The van der Waals surface area contributed by atoms with Gasteiger partial charge in [0.25, 0.3) is 0 Å². The lowest BCUT2D eigenvalue weighted by molar-refractivity contribution is 0.443. The molecule has 3 nitrogen and oxygen atoms in total. The Labute approximate surface area is 352 Å². The van der Waals surface area contributed by atoms with Crippen molar-refractivity contribution in [2.45, 2.75) is 12.2 Å². The maximum atomic E-state index is 5.62. The van der Waals surface area contributed by atoms with Crippen LogP contribution in [0.2, 0.25) is 0 Å². The Hall–Kier alpha value is -7.59. The Morgan fingerprint density at radius 2 is 0.733 bits per heavy atom. The van der Waals surface area contributed by atoms with E-state index in [0.29, 0.717) is 0 Å². The third-order valence-electron chi connectivity index (χ3n) is 11.4. The lowest BCUT2D eigenvalue weighted by atomic mass is 9.83. The SMILES string of the molecule is C1=C(c2cccc(-c3ccccc3)c2)NC(c2ccccc2)NC1c1ccc(-c2c(-c3ccccc3)c(-c3ccccc3)nc(-c3ccccc3)c2-c2ccccc2)cc1. The number of nitrogens with one attached hydrogen (secondary N) is 2. The minimum Gasteiger partial charge on any atom is -0.366 e. The Kier molecular flexibility index (Phi) is 10.2. The summed E-state index contributed by atoms with van der Waals surface area (Å²) < 4.78 is 0. The maximum absolute atomic E-state index is 5.62. The van der Waals surface area contributed by atoms with Crippen molar-refractivity contribution in [2.24, 2.45) is 0 Å². The zero-order valence-corrected chi connectivity index (χ0v) is 33.1. The second-order valence-corrected chi connectivity index (χ2v) is 15.2. The molecule has 8 aromatic carbocycles. The fourth-order valence-electron chi connectivity index (χ4n) is 8.45. The second kappa shape index (κ2) is 16.7. The van der Waals surface area contributed by atoms with Gasteiger partial charge in [-0.05, 0) is 56.6 Å². The topological polar surface area (TPSA) is 37.0 Å². The number of benzene rings is 8. The molecule has 0 fully saturated rings. The summed E-state index contributed by atoms with van der Waals surface area (Å²) in [5, 5.41) is 7.77. The van der Waals surface area contributed by atoms with Crippen LogP contribution in [0.3, 0.4) is 0 Å². The molecule has 1 aliphatic heterocycles. The van der Waals surface area contributed by atoms with Crippen molar-refractivity contribution in [3.8, 4) is 67.0 Å². The van der Waals surface area contributed by atoms with Gasteiger partial charge in [0, 0.05) is 33.5 Å². The van der Waals surface area contributed by atoms with Gasteiger partial charge in [0.1, 0.15) is 6.17 Å². The standard InChI is InChI=1S/C57H43N3/c1-7-20-40(21-8-1)48-32-19-33-49(38-48)51-39-50(58-57(59-51)47-30-17-6-18-31-47)41-34-36-44(37-35-41)52-53(42-22-9-2-10-23-42)55(45-26-13-4-14-27-45)60-56(46-28-15-5-16-29-46)54(52)43-24-11-3-12-25-43/h1-39,50,57-59H. The Balaban J connectivity index is 1.16. The van der Waals surface area contributed by atoms with Gasteiger partial charge in [-0.3, -0.25) is 5.32 Å². The van der Waals surface area contributed by atoms with E-state index < -0.39 is 0 Å². The molecule has 2 heterocycles. The number of rotatable bonds is 9. The fraction of sp³-hybridized carbons (Fsp3) is 0.0351. The summed E-state index contributed by atoms with van der Waals surface area (Å²) in [6.07, 6.45) is 2.24. The molecule has 0 spiro atoms. The molecule has 0 bridgehead atoms. The molecule has 60 heavy (non-hydrogen) atoms. The lowest BCUT2D eigenvalue weighted by Crippen LogP contribution is -2.39. The minimum atomic E-state index is -0.0901. The number of hydrogen-bond acceptors (Lipinski definition) is 3. The molecule has 2 atom stereocenters. The molecule has 0 saturated carbocycles. The molecular weight excluding hydrogens is 727 g/mol. The summed E-state index contributed by atoms with van der Waals surface area (Å²) in [6, 6.07) is 81.9. The third kappa shape index (κ3) is 7.46. The monoisotopic (exact) mass is 769 g/mol. The van der Waals surface area contributed by atoms with Crippen LogP contribution in [0, 0.1) is 0 Å². The highest BCUT2D eigenvalue weighted by Crippen LogP contribution is 2.48. The molecular formula is C57H43N3. The quantitative estimate of drug-likeness (QED) is 0.154. The van der Waals surface area contributed by atoms with Gasteiger partial charge in [-0.1, -0.05) is 224 Å². The third-order valence-corrected chi connectivity index (χ3v) is 11.4. The average molecular weight is 770 g/mol. The van der Waals surface area contributed by atoms with Gasteiger partial charge in [-0.2, -0.15) is 0 Å². The van der Waals surface area contributed by atoms with Crippen LogP contribution in [-0.2, 0) is 0 Å². The van der Waals surface area contributed by atoms with E-state index in [-0.39, 0.29) is 12.2 Å². The molecule has 10 rings (SSSR count). The Morgan fingerprint density at radius 1 is 0.317 bits per heavy atom. The van der Waals surface area contributed by atoms with E-state index >= 15 is 0 Å². The molecule has 0 radical (unpaired) electrons. The molecule has 0 amide bonds. The van der Waals surface area contributed by atoms with Crippen LogP contribution in [0.15, 0.2) is 237 Å². The van der Waals surface area contributed by atoms with Crippen LogP contribution in [0.25, 0.3) is 72.7 Å². The average Bonchev–Trinajstić information content (AvgIpc) is 3.35. The fourth-order valence-corrected chi connectivity index (χ4v) is 8.45. The molecule has 0 aliphatic carbocycles. The zero-order chi connectivity index (χ0) is 40.1. The predicted octanol–water partition coefficient (Wildman–Crippen LogP) is 14.1. The molecule has 2 N–H and O–H groups in total. The maximum Gasteiger partial charge on any atom is 0.104 e. The van der Waals surface area contributed by atoms with Crippen LogP contribution in [0.1, 0.15) is 28.9 Å². The van der Waals surface area contributed by atoms with Gasteiger partial charge in [0.05, 0.1) is 17.4 Å². The van der Waals surface area contributed by atoms with Crippen molar-refractivity contribution in [1.29, 1.82) is 0 Å². The number of aromatic nitrogens is 1. The van der Waals surface area contributed by atoms with Crippen molar-refractivity contribution < 1.29 is 0 Å². The summed E-state index contributed by atoms with van der Waals surface area (Å²) in [5.74, 6) is 0. The zero-order valence-electron chi connectivity index (χ0n) is 33.1. The van der Waals surface area contributed by atoms with Crippen LogP contribution >= 0.6 is 0 Å². The molecule has 2 unspecified atom stereocenters. The van der Waals surface area contributed by atoms with Crippen molar-refractivity contribution >= 4 is 5.70 Å². The van der Waals surface area contributed by atoms with E-state index in [2.05, 4.69) is 247 Å². The highest BCUT2D eigenvalue weighted by molar-refractivity contribution is 6.04. The summed E-state index contributed by atoms with van der Waals surface area (Å²) in [5.41, 5.74) is 17.8. The number of pyridine rings is 1. The van der Waals surface area contributed by atoms with E-state index in [1.54, 1.807) is 0 Å². The smallest absolute Gasteiger partial charge is 0.104 e. The summed E-state index contributed by atoms with van der Waals surface area (Å²) >= 11 is 0. The first-order valence-corrected chi connectivity index (χ1v) is 20.6. The van der Waals surface area contributed by atoms with Gasteiger partial charge in [-0.25, -0.2) is 4.98 Å². The molecule has 1 aliphatic rings. The summed E-state index contributed by atoms with van der Waals surface area (Å²) in [7, 11) is 0. The van der Waals surface area contributed by atoms with E-state index in [9.17, 15) is 0 Å². The lowest BCUT2D eigenvalue weighted by Gasteiger charge is -2.33. The van der Waals surface area contributed by atoms with Gasteiger partial charge in [0.2, 0.25) is 0 Å². The van der Waals surface area contributed by atoms with E-state index in [1.807, 2.05) is 0 Å². The van der Waals surface area contributed by atoms with Gasteiger partial charge in [0.15, 0.2) is 0 Å². The van der Waals surface area contributed by atoms with Crippen molar-refractivity contribution in [1.82, 2.24) is 15.6 Å². The first kappa shape index (κ1) is 36.7. The Bertz CT molecular complexity index is 2770. The first-order chi connectivity index (χ1) is 29.8. The van der Waals surface area contributed by atoms with E-state index in [4.69, 9.17) is 4.98 Å².